The molecule has 2 N–H and O–H groups in total. The lowest BCUT2D eigenvalue weighted by molar-refractivity contribution is -0.0440. The smallest absolute Gasteiger partial charge is 0.229 e. The molecular formula is C26H39NO2. The molecule has 0 radical (unpaired) electrons. The molecule has 3 heteroatoms. The van der Waals surface area contributed by atoms with Gasteiger partial charge in [-0.3, -0.25) is 0 Å². The first-order chi connectivity index (χ1) is 14.1. The fraction of sp³-hybridized carbons (Fsp3) is 0.731. The van der Waals surface area contributed by atoms with Crippen molar-refractivity contribution in [2.24, 2.45) is 11.3 Å². The number of hydrogen-bond acceptors (Lipinski definition) is 2. The Hall–Kier alpha value is -1.37. The molecule has 1 aromatic carbocycles. The number of hydrogen-bond donors (Lipinski definition) is 2. The van der Waals surface area contributed by atoms with Crippen LogP contribution in [0.5, 0.6) is 0 Å². The Bertz CT molecular complexity index is 673. The molecule has 1 aromatic rings. The van der Waals surface area contributed by atoms with E-state index in [0.717, 1.165) is 49.7 Å². The van der Waals surface area contributed by atoms with Crippen LogP contribution < -0.4 is 0 Å². The highest BCUT2D eigenvalue weighted by molar-refractivity contribution is 5.31. The summed E-state index contributed by atoms with van der Waals surface area (Å²) in [6, 6.07) is 8.29. The van der Waals surface area contributed by atoms with Crippen molar-refractivity contribution in [2.45, 2.75) is 109 Å². The van der Waals surface area contributed by atoms with Gasteiger partial charge in [0.1, 0.15) is 0 Å². The van der Waals surface area contributed by atoms with Gasteiger partial charge in [0.2, 0.25) is 6.04 Å². The maximum absolute atomic E-state index is 11.0. The van der Waals surface area contributed by atoms with E-state index in [1.54, 1.807) is 0 Å². The summed E-state index contributed by atoms with van der Waals surface area (Å²) in [5.74, 6) is 0.295. The summed E-state index contributed by atoms with van der Waals surface area (Å²) < 4.78 is 0. The molecule has 0 aliphatic heterocycles. The van der Waals surface area contributed by atoms with E-state index in [2.05, 4.69) is 43.0 Å². The second kappa shape index (κ2) is 10.1. The van der Waals surface area contributed by atoms with Crippen molar-refractivity contribution in [1.82, 2.24) is 0 Å². The molecule has 0 saturated heterocycles. The zero-order valence-electron chi connectivity index (χ0n) is 18.3. The number of aliphatic hydroxyl groups is 2. The van der Waals surface area contributed by atoms with Gasteiger partial charge in [0.15, 0.2) is 0 Å². The summed E-state index contributed by atoms with van der Waals surface area (Å²) in [7, 11) is 0. The van der Waals surface area contributed by atoms with E-state index in [4.69, 9.17) is 6.57 Å². The van der Waals surface area contributed by atoms with E-state index in [9.17, 15) is 10.2 Å². The minimum absolute atomic E-state index is 0.0511. The lowest BCUT2D eigenvalue weighted by Gasteiger charge is -2.46. The van der Waals surface area contributed by atoms with Gasteiger partial charge in [0.25, 0.3) is 0 Å². The highest BCUT2D eigenvalue weighted by atomic mass is 16.3. The van der Waals surface area contributed by atoms with Crippen LogP contribution in [0.2, 0.25) is 0 Å². The predicted octanol–water partition coefficient (Wildman–Crippen LogP) is 6.41. The second-order valence-electron chi connectivity index (χ2n) is 9.57. The van der Waals surface area contributed by atoms with E-state index in [-0.39, 0.29) is 29.4 Å². The van der Waals surface area contributed by atoms with E-state index in [1.165, 1.54) is 25.7 Å². The lowest BCUT2D eigenvalue weighted by Crippen LogP contribution is -2.36. The van der Waals surface area contributed by atoms with Crippen molar-refractivity contribution in [3.05, 3.63) is 46.8 Å². The molecule has 2 fully saturated rings. The number of benzene rings is 1. The third-order valence-electron chi connectivity index (χ3n) is 7.72. The van der Waals surface area contributed by atoms with Crippen LogP contribution in [-0.4, -0.2) is 22.4 Å². The molecule has 0 bridgehead atoms. The molecule has 0 amide bonds. The molecular weight excluding hydrogens is 358 g/mol. The van der Waals surface area contributed by atoms with Crippen LogP contribution in [0.4, 0.5) is 0 Å². The van der Waals surface area contributed by atoms with Crippen molar-refractivity contribution >= 4 is 0 Å². The Morgan fingerprint density at radius 3 is 2.38 bits per heavy atom. The van der Waals surface area contributed by atoms with Crippen molar-refractivity contribution in [1.29, 1.82) is 0 Å². The van der Waals surface area contributed by atoms with Gasteiger partial charge in [-0.1, -0.05) is 76.6 Å². The first kappa shape index (κ1) is 22.3. The minimum Gasteiger partial charge on any atom is -0.392 e. The Morgan fingerprint density at radius 2 is 1.83 bits per heavy atom. The van der Waals surface area contributed by atoms with Gasteiger partial charge >= 0.3 is 0 Å². The number of unbranched alkanes of at least 4 members (excludes halogenated alkanes) is 3. The number of rotatable bonds is 10. The summed E-state index contributed by atoms with van der Waals surface area (Å²) >= 11 is 0. The van der Waals surface area contributed by atoms with Gasteiger partial charge < -0.3 is 15.1 Å². The molecule has 3 unspecified atom stereocenters. The Kier molecular flexibility index (Phi) is 7.77. The fourth-order valence-electron chi connectivity index (χ4n) is 5.93. The van der Waals surface area contributed by atoms with Gasteiger partial charge in [-0.25, -0.2) is 6.57 Å². The standard InChI is InChI=1S/C26H39NO2/c1-4-6-7-8-10-21-22(27-3)18-23(28)24(21)19-11-13-20(14-12-19)25(29)26(15-5-2)16-9-17-26/h11-14,21-25,28-29H,4-10,15-18H2,1-2H3/t21?,22-,23-,24?,25?/m1/s1. The molecule has 2 aliphatic carbocycles. The third kappa shape index (κ3) is 4.70. The van der Waals surface area contributed by atoms with Gasteiger partial charge in [-0.15, -0.1) is 0 Å². The SMILES string of the molecule is [C-]#[N+][C@@H]1C[C@@H](O)C(c2ccc(C(O)C3(CCC)CCC3)cc2)C1CCCCCC. The summed E-state index contributed by atoms with van der Waals surface area (Å²) in [6.45, 7) is 12.0. The van der Waals surface area contributed by atoms with E-state index in [1.807, 2.05) is 0 Å². The number of nitrogens with zero attached hydrogens (tertiary/aromatic N) is 1. The Balaban J connectivity index is 1.73. The molecule has 5 atom stereocenters. The van der Waals surface area contributed by atoms with E-state index >= 15 is 0 Å². The van der Waals surface area contributed by atoms with Gasteiger partial charge in [0, 0.05) is 23.7 Å². The Morgan fingerprint density at radius 1 is 1.10 bits per heavy atom. The molecule has 160 valence electrons. The lowest BCUT2D eigenvalue weighted by atomic mass is 9.61. The second-order valence-corrected chi connectivity index (χ2v) is 9.57. The monoisotopic (exact) mass is 397 g/mol. The van der Waals surface area contributed by atoms with Crippen LogP contribution in [0.25, 0.3) is 4.85 Å². The van der Waals surface area contributed by atoms with Crippen LogP contribution in [-0.2, 0) is 0 Å². The summed E-state index contributed by atoms with van der Waals surface area (Å²) in [6.07, 6.45) is 11.3. The molecule has 2 aliphatic rings. The van der Waals surface area contributed by atoms with Gasteiger partial charge in [-0.2, -0.15) is 0 Å². The van der Waals surface area contributed by atoms with Crippen molar-refractivity contribution < 1.29 is 10.2 Å². The van der Waals surface area contributed by atoms with E-state index < -0.39 is 6.10 Å². The zero-order chi connectivity index (χ0) is 20.9. The fourth-order valence-corrected chi connectivity index (χ4v) is 5.93. The predicted molar refractivity (Wildman–Crippen MR) is 119 cm³/mol. The maximum Gasteiger partial charge on any atom is 0.229 e. The van der Waals surface area contributed by atoms with Crippen LogP contribution in [0, 0.1) is 17.9 Å². The summed E-state index contributed by atoms with van der Waals surface area (Å²) in [5.41, 5.74) is 2.22. The maximum atomic E-state index is 11.0. The quantitative estimate of drug-likeness (QED) is 0.354. The van der Waals surface area contributed by atoms with Crippen molar-refractivity contribution in [3.63, 3.8) is 0 Å². The van der Waals surface area contributed by atoms with Gasteiger partial charge in [0.05, 0.1) is 12.2 Å². The van der Waals surface area contributed by atoms with Crippen LogP contribution >= 0.6 is 0 Å². The topological polar surface area (TPSA) is 44.8 Å². The first-order valence-corrected chi connectivity index (χ1v) is 11.9. The number of aliphatic hydroxyl groups excluding tert-OH is 2. The largest absolute Gasteiger partial charge is 0.392 e. The average molecular weight is 398 g/mol. The van der Waals surface area contributed by atoms with Crippen molar-refractivity contribution in [2.75, 3.05) is 0 Å². The highest BCUT2D eigenvalue weighted by Crippen LogP contribution is 2.53. The van der Waals surface area contributed by atoms with Gasteiger partial charge in [-0.05, 0) is 36.8 Å². The summed E-state index contributed by atoms with van der Waals surface area (Å²) in [4.78, 5) is 3.86. The molecule has 3 nitrogen and oxygen atoms in total. The van der Waals surface area contributed by atoms with Crippen molar-refractivity contribution in [3.8, 4) is 0 Å². The van der Waals surface area contributed by atoms with E-state index in [0.29, 0.717) is 6.42 Å². The van der Waals surface area contributed by atoms with Crippen LogP contribution in [0.3, 0.4) is 0 Å². The molecule has 2 saturated carbocycles. The Labute approximate surface area is 177 Å². The first-order valence-electron chi connectivity index (χ1n) is 11.9. The van der Waals surface area contributed by atoms with Crippen LogP contribution in [0.15, 0.2) is 24.3 Å². The molecule has 29 heavy (non-hydrogen) atoms. The van der Waals surface area contributed by atoms with Crippen LogP contribution in [0.1, 0.15) is 108 Å². The highest BCUT2D eigenvalue weighted by Gasteiger charge is 2.47. The normalized spacial score (nSPS) is 29.2. The molecule has 0 aromatic heterocycles. The zero-order valence-corrected chi connectivity index (χ0v) is 18.3. The molecule has 0 spiro atoms. The molecule has 0 heterocycles. The summed E-state index contributed by atoms with van der Waals surface area (Å²) in [5, 5.41) is 21.8. The molecule has 3 rings (SSSR count). The minimum atomic E-state index is -0.431. The third-order valence-corrected chi connectivity index (χ3v) is 7.72. The average Bonchev–Trinajstić information content (AvgIpc) is 3.03.